The lowest BCUT2D eigenvalue weighted by Gasteiger charge is -2.21. The van der Waals surface area contributed by atoms with Gasteiger partial charge in [-0.25, -0.2) is 13.6 Å². The fourth-order valence-electron chi connectivity index (χ4n) is 2.12. The molecule has 2 rings (SSSR count). The largest absolute Gasteiger partial charge is 0.480 e. The van der Waals surface area contributed by atoms with Gasteiger partial charge in [0.25, 0.3) is 5.91 Å². The molecule has 0 bridgehead atoms. The Bertz CT molecular complexity index is 514. The second-order valence-corrected chi connectivity index (χ2v) is 4.30. The van der Waals surface area contributed by atoms with Crippen molar-refractivity contribution in [3.05, 3.63) is 35.4 Å². The van der Waals surface area contributed by atoms with Crippen molar-refractivity contribution in [1.82, 2.24) is 4.90 Å². The van der Waals surface area contributed by atoms with Crippen LogP contribution in [0.4, 0.5) is 8.78 Å². The van der Waals surface area contributed by atoms with E-state index < -0.39 is 41.2 Å². The zero-order chi connectivity index (χ0) is 14.2. The van der Waals surface area contributed by atoms with Gasteiger partial charge in [0.05, 0.1) is 6.10 Å². The summed E-state index contributed by atoms with van der Waals surface area (Å²) in [5.74, 6) is -4.51. The minimum Gasteiger partial charge on any atom is -0.480 e. The third-order valence-electron chi connectivity index (χ3n) is 3.00. The van der Waals surface area contributed by atoms with Crippen molar-refractivity contribution >= 4 is 11.9 Å². The molecule has 0 aromatic heterocycles. The van der Waals surface area contributed by atoms with Gasteiger partial charge in [0, 0.05) is 13.0 Å². The average Bonchev–Trinajstić information content (AvgIpc) is 2.71. The van der Waals surface area contributed by atoms with Crippen molar-refractivity contribution in [2.24, 2.45) is 0 Å². The summed E-state index contributed by atoms with van der Waals surface area (Å²) >= 11 is 0. The monoisotopic (exact) mass is 271 g/mol. The van der Waals surface area contributed by atoms with Gasteiger partial charge in [-0.15, -0.1) is 0 Å². The van der Waals surface area contributed by atoms with Crippen LogP contribution in [-0.4, -0.2) is 45.7 Å². The van der Waals surface area contributed by atoms with Crippen molar-refractivity contribution in [2.75, 3.05) is 6.54 Å². The number of carbonyl (C=O) groups is 2. The van der Waals surface area contributed by atoms with E-state index >= 15 is 0 Å². The van der Waals surface area contributed by atoms with Crippen LogP contribution in [0.15, 0.2) is 18.2 Å². The standard InChI is InChI=1S/C12H11F2NO4/c13-7-2-1-3-8(14)10(7)11(17)15-5-6(16)4-9(15)12(18)19/h1-3,6,9,16H,4-5H2,(H,18,19)/t6-,9-/m0/s1. The highest BCUT2D eigenvalue weighted by Gasteiger charge is 2.40. The van der Waals surface area contributed by atoms with E-state index in [-0.39, 0.29) is 13.0 Å². The Hall–Kier alpha value is -2.02. The number of hydrogen-bond donors (Lipinski definition) is 2. The van der Waals surface area contributed by atoms with E-state index in [9.17, 15) is 23.5 Å². The first kappa shape index (κ1) is 13.4. The molecule has 1 aromatic rings. The number of hydrogen-bond acceptors (Lipinski definition) is 3. The summed E-state index contributed by atoms with van der Waals surface area (Å²) in [6.07, 6.45) is -1.17. The predicted octanol–water partition coefficient (Wildman–Crippen LogP) is 0.625. The van der Waals surface area contributed by atoms with Crippen LogP contribution >= 0.6 is 0 Å². The maximum atomic E-state index is 13.5. The van der Waals surface area contributed by atoms with Gasteiger partial charge in [-0.2, -0.15) is 0 Å². The molecule has 1 amide bonds. The van der Waals surface area contributed by atoms with E-state index in [1.54, 1.807) is 0 Å². The van der Waals surface area contributed by atoms with E-state index in [2.05, 4.69) is 0 Å². The molecular weight excluding hydrogens is 260 g/mol. The molecule has 5 nitrogen and oxygen atoms in total. The maximum Gasteiger partial charge on any atom is 0.326 e. The number of aliphatic hydroxyl groups excluding tert-OH is 1. The fourth-order valence-corrected chi connectivity index (χ4v) is 2.12. The molecule has 1 aliphatic rings. The molecule has 0 spiro atoms. The highest BCUT2D eigenvalue weighted by atomic mass is 19.1. The van der Waals surface area contributed by atoms with Crippen molar-refractivity contribution < 1.29 is 28.6 Å². The summed E-state index contributed by atoms with van der Waals surface area (Å²) in [5, 5.41) is 18.4. The van der Waals surface area contributed by atoms with Gasteiger partial charge in [-0.05, 0) is 12.1 Å². The highest BCUT2D eigenvalue weighted by Crippen LogP contribution is 2.23. The number of β-amino-alcohol motifs (C(OH)–C–C–N with tert-alkyl or cyclic N) is 1. The lowest BCUT2D eigenvalue weighted by Crippen LogP contribution is -2.41. The first-order valence-corrected chi connectivity index (χ1v) is 5.57. The van der Waals surface area contributed by atoms with Gasteiger partial charge < -0.3 is 15.1 Å². The molecule has 0 saturated carbocycles. The van der Waals surface area contributed by atoms with E-state index in [1.165, 1.54) is 0 Å². The Kier molecular flexibility index (Phi) is 3.48. The van der Waals surface area contributed by atoms with E-state index in [0.717, 1.165) is 23.1 Å². The van der Waals surface area contributed by atoms with Crippen molar-refractivity contribution in [1.29, 1.82) is 0 Å². The minimum absolute atomic E-state index is 0.156. The summed E-state index contributed by atoms with van der Waals surface area (Å²) in [6.45, 7) is -0.260. The Balaban J connectivity index is 2.36. The topological polar surface area (TPSA) is 77.8 Å². The predicted molar refractivity (Wildman–Crippen MR) is 59.4 cm³/mol. The second-order valence-electron chi connectivity index (χ2n) is 4.30. The van der Waals surface area contributed by atoms with Crippen LogP contribution in [-0.2, 0) is 4.79 Å². The van der Waals surface area contributed by atoms with Crippen molar-refractivity contribution in [3.8, 4) is 0 Å². The summed E-state index contributed by atoms with van der Waals surface area (Å²) in [6, 6.07) is 1.66. The van der Waals surface area contributed by atoms with Crippen LogP contribution in [0.5, 0.6) is 0 Å². The number of likely N-dealkylation sites (tertiary alicyclic amines) is 1. The lowest BCUT2D eigenvalue weighted by molar-refractivity contribution is -0.141. The first-order chi connectivity index (χ1) is 8.91. The lowest BCUT2D eigenvalue weighted by atomic mass is 10.1. The molecular formula is C12H11F2NO4. The van der Waals surface area contributed by atoms with Gasteiger partial charge in [0.1, 0.15) is 23.2 Å². The van der Waals surface area contributed by atoms with Crippen LogP contribution in [0, 0.1) is 11.6 Å². The molecule has 0 aliphatic carbocycles. The van der Waals surface area contributed by atoms with E-state index in [0.29, 0.717) is 0 Å². The number of aliphatic carboxylic acids is 1. The van der Waals surface area contributed by atoms with Gasteiger partial charge in [-0.1, -0.05) is 6.07 Å². The number of nitrogens with zero attached hydrogens (tertiary/aromatic N) is 1. The van der Waals surface area contributed by atoms with Gasteiger partial charge in [-0.3, -0.25) is 4.79 Å². The zero-order valence-corrected chi connectivity index (χ0v) is 9.72. The van der Waals surface area contributed by atoms with Crippen LogP contribution in [0.3, 0.4) is 0 Å². The Morgan fingerprint density at radius 2 is 1.84 bits per heavy atom. The van der Waals surface area contributed by atoms with Crippen molar-refractivity contribution in [2.45, 2.75) is 18.6 Å². The number of benzene rings is 1. The number of carbonyl (C=O) groups excluding carboxylic acids is 1. The fraction of sp³-hybridized carbons (Fsp3) is 0.333. The molecule has 1 fully saturated rings. The molecule has 1 saturated heterocycles. The number of amides is 1. The van der Waals surface area contributed by atoms with Crippen LogP contribution in [0.1, 0.15) is 16.8 Å². The molecule has 7 heteroatoms. The third kappa shape index (κ3) is 2.41. The second kappa shape index (κ2) is 4.93. The van der Waals surface area contributed by atoms with E-state index in [4.69, 9.17) is 5.11 Å². The highest BCUT2D eigenvalue weighted by molar-refractivity contribution is 5.97. The van der Waals surface area contributed by atoms with Crippen molar-refractivity contribution in [3.63, 3.8) is 0 Å². The number of carboxylic acids is 1. The van der Waals surface area contributed by atoms with E-state index in [1.807, 2.05) is 0 Å². The molecule has 2 N–H and O–H groups in total. The maximum absolute atomic E-state index is 13.5. The molecule has 0 unspecified atom stereocenters. The summed E-state index contributed by atoms with van der Waals surface area (Å²) in [7, 11) is 0. The van der Waals surface area contributed by atoms with Crippen LogP contribution in [0.2, 0.25) is 0 Å². The SMILES string of the molecule is O=C(O)[C@@H]1C[C@H](O)CN1C(=O)c1c(F)cccc1F. The number of carboxylic acid groups (broad SMARTS) is 1. The Labute approximate surface area is 107 Å². The number of aliphatic hydroxyl groups is 1. The quantitative estimate of drug-likeness (QED) is 0.826. The molecule has 1 heterocycles. The summed E-state index contributed by atoms with van der Waals surface area (Å²) < 4.78 is 27.0. The minimum atomic E-state index is -1.32. The average molecular weight is 271 g/mol. The van der Waals surface area contributed by atoms with Gasteiger partial charge in [0.2, 0.25) is 0 Å². The number of halogens is 2. The zero-order valence-electron chi connectivity index (χ0n) is 9.72. The summed E-state index contributed by atoms with van der Waals surface area (Å²) in [4.78, 5) is 23.8. The molecule has 0 radical (unpaired) electrons. The first-order valence-electron chi connectivity index (χ1n) is 5.57. The molecule has 1 aromatic carbocycles. The molecule has 1 aliphatic heterocycles. The molecule has 2 atom stereocenters. The summed E-state index contributed by atoms with van der Waals surface area (Å²) in [5.41, 5.74) is -0.803. The van der Waals surface area contributed by atoms with Gasteiger partial charge >= 0.3 is 5.97 Å². The van der Waals surface area contributed by atoms with Crippen LogP contribution in [0.25, 0.3) is 0 Å². The molecule has 102 valence electrons. The molecule has 19 heavy (non-hydrogen) atoms. The Morgan fingerprint density at radius 1 is 1.26 bits per heavy atom. The van der Waals surface area contributed by atoms with Crippen LogP contribution < -0.4 is 0 Å². The number of rotatable bonds is 2. The third-order valence-corrected chi connectivity index (χ3v) is 3.00. The normalized spacial score (nSPS) is 22.6. The van der Waals surface area contributed by atoms with Gasteiger partial charge in [0.15, 0.2) is 0 Å². The smallest absolute Gasteiger partial charge is 0.326 e. The Morgan fingerprint density at radius 3 is 2.37 bits per heavy atom.